The third-order valence-corrected chi connectivity index (χ3v) is 6.88. The lowest BCUT2D eigenvalue weighted by Crippen LogP contribution is -2.36. The maximum atomic E-state index is 14.2. The van der Waals surface area contributed by atoms with Crippen LogP contribution in [-0.2, 0) is 21.4 Å². The van der Waals surface area contributed by atoms with Gasteiger partial charge in [-0.15, -0.1) is 0 Å². The summed E-state index contributed by atoms with van der Waals surface area (Å²) in [4.78, 5) is 26.6. The van der Waals surface area contributed by atoms with E-state index in [-0.39, 0.29) is 41.0 Å². The number of ether oxygens (including phenoxy) is 1. The fourth-order valence-electron chi connectivity index (χ4n) is 3.54. The topological polar surface area (TPSA) is 90.0 Å². The van der Waals surface area contributed by atoms with E-state index in [0.29, 0.717) is 12.0 Å². The lowest BCUT2D eigenvalue weighted by atomic mass is 10.1. The Morgan fingerprint density at radius 3 is 2.16 bits per heavy atom. The lowest BCUT2D eigenvalue weighted by Gasteiger charge is -2.27. The molecule has 0 unspecified atom stereocenters. The van der Waals surface area contributed by atoms with Crippen molar-refractivity contribution in [3.8, 4) is 5.75 Å². The van der Waals surface area contributed by atoms with E-state index < -0.39 is 27.8 Å². The molecular weight excluding hydrogens is 497 g/mol. The van der Waals surface area contributed by atoms with E-state index in [1.54, 1.807) is 24.3 Å². The first-order valence-electron chi connectivity index (χ1n) is 12.0. The van der Waals surface area contributed by atoms with Gasteiger partial charge in [-0.1, -0.05) is 49.7 Å². The Kier molecular flexibility index (Phi) is 9.41. The molecule has 3 aromatic carbocycles. The minimum atomic E-state index is -4.33. The summed E-state index contributed by atoms with van der Waals surface area (Å²) in [7, 11) is -4.33. The summed E-state index contributed by atoms with van der Waals surface area (Å²) in [6, 6.07) is 17.5. The average molecular weight is 528 g/mol. The molecule has 1 amide bonds. The predicted octanol–water partition coefficient (Wildman–Crippen LogP) is 5.60. The molecule has 0 saturated carbocycles. The molecule has 0 aliphatic heterocycles. The van der Waals surface area contributed by atoms with Gasteiger partial charge >= 0.3 is 16.1 Å². The zero-order valence-electron chi connectivity index (χ0n) is 21.0. The van der Waals surface area contributed by atoms with E-state index in [2.05, 4.69) is 0 Å². The van der Waals surface area contributed by atoms with Crippen LogP contribution >= 0.6 is 0 Å². The number of unbranched alkanes of at least 4 members (excludes halogenated alkanes) is 1. The Balaban J connectivity index is 1.76. The molecule has 0 spiro atoms. The Morgan fingerprint density at radius 2 is 1.54 bits per heavy atom. The van der Waals surface area contributed by atoms with Crippen LogP contribution in [0.15, 0.2) is 77.7 Å². The summed E-state index contributed by atoms with van der Waals surface area (Å²) < 4.78 is 50.5. The van der Waals surface area contributed by atoms with Crippen molar-refractivity contribution in [2.24, 2.45) is 0 Å². The first-order valence-corrected chi connectivity index (χ1v) is 13.4. The van der Waals surface area contributed by atoms with Crippen LogP contribution in [0.3, 0.4) is 0 Å². The summed E-state index contributed by atoms with van der Waals surface area (Å²) in [6.45, 7) is 5.98. The highest BCUT2D eigenvalue weighted by molar-refractivity contribution is 7.87. The van der Waals surface area contributed by atoms with Gasteiger partial charge in [0.2, 0.25) is 0 Å². The molecule has 0 fully saturated rings. The van der Waals surface area contributed by atoms with Gasteiger partial charge < -0.3 is 13.8 Å². The number of hydrogen-bond donors (Lipinski definition) is 0. The van der Waals surface area contributed by atoms with Crippen LogP contribution in [0.4, 0.5) is 4.39 Å². The van der Waals surface area contributed by atoms with Gasteiger partial charge in [0.25, 0.3) is 5.91 Å². The Bertz CT molecular complexity index is 1340. The van der Waals surface area contributed by atoms with Crippen molar-refractivity contribution in [3.05, 3.63) is 95.3 Å². The van der Waals surface area contributed by atoms with Crippen LogP contribution in [0.1, 0.15) is 59.9 Å². The van der Waals surface area contributed by atoms with Crippen LogP contribution in [0.5, 0.6) is 5.75 Å². The highest BCUT2D eigenvalue weighted by Gasteiger charge is 2.25. The van der Waals surface area contributed by atoms with Gasteiger partial charge in [-0.05, 0) is 62.2 Å². The van der Waals surface area contributed by atoms with Crippen molar-refractivity contribution in [1.82, 2.24) is 4.90 Å². The smallest absolute Gasteiger partial charge is 0.340 e. The highest BCUT2D eigenvalue weighted by atomic mass is 32.2. The summed E-state index contributed by atoms with van der Waals surface area (Å²) in [5.41, 5.74) is 0.576. The van der Waals surface area contributed by atoms with E-state index in [9.17, 15) is 22.4 Å². The molecule has 7 nitrogen and oxygen atoms in total. The van der Waals surface area contributed by atoms with Crippen molar-refractivity contribution < 1.29 is 31.3 Å². The van der Waals surface area contributed by atoms with Crippen molar-refractivity contribution in [3.63, 3.8) is 0 Å². The van der Waals surface area contributed by atoms with Gasteiger partial charge in [-0.2, -0.15) is 8.42 Å². The standard InChI is InChI=1S/C28H30FNO6S/c1-4-5-18-35-28(32)24-11-7-9-13-26(24)37(33,34)36-22-16-14-21(15-17-22)19-30(20(2)3)27(31)23-10-6-8-12-25(23)29/h6-17,20H,4-5,18-19H2,1-3H3. The van der Waals surface area contributed by atoms with Gasteiger partial charge in [-0.3, -0.25) is 4.79 Å². The fourth-order valence-corrected chi connectivity index (χ4v) is 4.66. The second kappa shape index (κ2) is 12.5. The number of amides is 1. The first kappa shape index (κ1) is 27.9. The van der Waals surface area contributed by atoms with Crippen LogP contribution in [-0.4, -0.2) is 37.8 Å². The number of rotatable bonds is 11. The molecule has 0 aliphatic rings. The minimum Gasteiger partial charge on any atom is -0.462 e. The molecule has 37 heavy (non-hydrogen) atoms. The van der Waals surface area contributed by atoms with Crippen LogP contribution in [0.2, 0.25) is 0 Å². The second-order valence-corrected chi connectivity index (χ2v) is 10.2. The number of carbonyl (C=O) groups excluding carboxylic acids is 2. The zero-order valence-corrected chi connectivity index (χ0v) is 21.8. The third-order valence-electron chi connectivity index (χ3n) is 5.58. The molecule has 0 saturated heterocycles. The summed E-state index contributed by atoms with van der Waals surface area (Å²) in [5.74, 6) is -1.74. The Labute approximate surface area is 217 Å². The quantitative estimate of drug-likeness (QED) is 0.183. The molecule has 0 heterocycles. The molecule has 9 heteroatoms. The molecular formula is C28H30FNO6S. The molecule has 0 aliphatic carbocycles. The molecule has 0 bridgehead atoms. The number of esters is 1. The first-order chi connectivity index (χ1) is 17.6. The SMILES string of the molecule is CCCCOC(=O)c1ccccc1S(=O)(=O)Oc1ccc(CN(C(=O)c2ccccc2F)C(C)C)cc1. The average Bonchev–Trinajstić information content (AvgIpc) is 2.88. The number of nitrogens with zero attached hydrogens (tertiary/aromatic N) is 1. The summed E-state index contributed by atoms with van der Waals surface area (Å²) in [6.07, 6.45) is 1.50. The number of halogens is 1. The van der Waals surface area contributed by atoms with Gasteiger partial charge in [-0.25, -0.2) is 9.18 Å². The van der Waals surface area contributed by atoms with Gasteiger partial charge in [0.15, 0.2) is 0 Å². The van der Waals surface area contributed by atoms with Crippen LogP contribution < -0.4 is 4.18 Å². The molecule has 0 N–H and O–H groups in total. The summed E-state index contributed by atoms with van der Waals surface area (Å²) >= 11 is 0. The number of hydrogen-bond acceptors (Lipinski definition) is 6. The van der Waals surface area contributed by atoms with E-state index in [0.717, 1.165) is 6.42 Å². The van der Waals surface area contributed by atoms with Crippen molar-refractivity contribution in [2.45, 2.75) is 51.1 Å². The number of carbonyl (C=O) groups is 2. The normalized spacial score (nSPS) is 11.3. The van der Waals surface area contributed by atoms with E-state index in [4.69, 9.17) is 8.92 Å². The maximum Gasteiger partial charge on any atom is 0.340 e. The monoisotopic (exact) mass is 527 g/mol. The van der Waals surface area contributed by atoms with E-state index in [1.165, 1.54) is 53.4 Å². The predicted molar refractivity (Wildman–Crippen MR) is 137 cm³/mol. The van der Waals surface area contributed by atoms with Crippen LogP contribution in [0.25, 0.3) is 0 Å². The molecule has 3 aromatic rings. The maximum absolute atomic E-state index is 14.2. The molecule has 0 aromatic heterocycles. The Hall–Kier alpha value is -3.72. The minimum absolute atomic E-state index is 0.0193. The van der Waals surface area contributed by atoms with Crippen LogP contribution in [0, 0.1) is 5.82 Å². The van der Waals surface area contributed by atoms with E-state index >= 15 is 0 Å². The third kappa shape index (κ3) is 7.16. The van der Waals surface area contributed by atoms with Gasteiger partial charge in [0.1, 0.15) is 16.5 Å². The van der Waals surface area contributed by atoms with Crippen molar-refractivity contribution in [2.75, 3.05) is 6.61 Å². The van der Waals surface area contributed by atoms with Gasteiger partial charge in [0, 0.05) is 12.6 Å². The summed E-state index contributed by atoms with van der Waals surface area (Å²) in [5, 5.41) is 0. The molecule has 3 rings (SSSR count). The lowest BCUT2D eigenvalue weighted by molar-refractivity contribution is 0.0494. The second-order valence-electron chi connectivity index (χ2n) is 8.67. The van der Waals surface area contributed by atoms with Crippen molar-refractivity contribution in [1.29, 1.82) is 0 Å². The molecule has 0 atom stereocenters. The zero-order chi connectivity index (χ0) is 27.0. The van der Waals surface area contributed by atoms with E-state index in [1.807, 2.05) is 20.8 Å². The fraction of sp³-hybridized carbons (Fsp3) is 0.286. The highest BCUT2D eigenvalue weighted by Crippen LogP contribution is 2.24. The largest absolute Gasteiger partial charge is 0.462 e. The number of benzene rings is 3. The van der Waals surface area contributed by atoms with Crippen molar-refractivity contribution >= 4 is 22.0 Å². The molecule has 0 radical (unpaired) electrons. The van der Waals surface area contributed by atoms with Gasteiger partial charge in [0.05, 0.1) is 17.7 Å². The molecule has 196 valence electrons. The Morgan fingerprint density at radius 1 is 0.919 bits per heavy atom.